The maximum atomic E-state index is 5.49. The molecule has 4 aromatic heterocycles. The number of hydrogen-bond acceptors (Lipinski definition) is 4. The Morgan fingerprint density at radius 1 is 0.286 bits per heavy atom. The number of rotatable bonds is 7. The quantitative estimate of drug-likeness (QED) is 0.154. The molecule has 0 radical (unpaired) electrons. The normalized spacial score (nSPS) is 11.2. The first-order valence-electron chi connectivity index (χ1n) is 18.8. The molecule has 4 nitrogen and oxygen atoms in total. The molecule has 0 unspecified atom stereocenters. The molecule has 262 valence electrons. The van der Waals surface area contributed by atoms with Gasteiger partial charge < -0.3 is 0 Å². The summed E-state index contributed by atoms with van der Waals surface area (Å²) < 4.78 is 0. The first-order chi connectivity index (χ1) is 27.8. The first-order valence-corrected chi connectivity index (χ1v) is 18.8. The van der Waals surface area contributed by atoms with Gasteiger partial charge in [0.1, 0.15) is 0 Å². The Morgan fingerprint density at radius 2 is 0.768 bits per heavy atom. The summed E-state index contributed by atoms with van der Waals surface area (Å²) in [6, 6.07) is 67.9. The van der Waals surface area contributed by atoms with Gasteiger partial charge >= 0.3 is 0 Å². The highest BCUT2D eigenvalue weighted by Gasteiger charge is 2.18. The van der Waals surface area contributed by atoms with Crippen molar-refractivity contribution in [3.8, 4) is 78.5 Å². The maximum Gasteiger partial charge on any atom is 0.0900 e. The van der Waals surface area contributed by atoms with Gasteiger partial charge in [-0.05, 0) is 75.3 Å². The fraction of sp³-hybridized carbons (Fsp3) is 0. The number of hydrogen-bond donors (Lipinski definition) is 0. The lowest BCUT2D eigenvalue weighted by atomic mass is 9.90. The van der Waals surface area contributed by atoms with E-state index in [4.69, 9.17) is 9.97 Å². The van der Waals surface area contributed by atoms with Crippen LogP contribution in [-0.4, -0.2) is 19.9 Å². The molecule has 56 heavy (non-hydrogen) atoms. The molecule has 6 aromatic carbocycles. The fourth-order valence-corrected chi connectivity index (χ4v) is 7.67. The molecule has 10 rings (SSSR count). The van der Waals surface area contributed by atoms with E-state index in [1.54, 1.807) is 12.4 Å². The number of nitrogens with zero attached hydrogens (tertiary/aromatic N) is 4. The van der Waals surface area contributed by atoms with Crippen molar-refractivity contribution in [3.05, 3.63) is 207 Å². The number of para-hydroxylation sites is 1. The largest absolute Gasteiger partial charge is 0.255 e. The maximum absolute atomic E-state index is 5.49. The second-order valence-electron chi connectivity index (χ2n) is 13.8. The lowest BCUT2D eigenvalue weighted by Gasteiger charge is -2.17. The molecule has 0 amide bonds. The molecule has 4 heterocycles. The number of fused-ring (bicyclic) bond motifs is 3. The zero-order valence-electron chi connectivity index (χ0n) is 30.4. The van der Waals surface area contributed by atoms with Crippen molar-refractivity contribution < 1.29 is 0 Å². The second-order valence-corrected chi connectivity index (χ2v) is 13.8. The predicted molar refractivity (Wildman–Crippen MR) is 231 cm³/mol. The van der Waals surface area contributed by atoms with E-state index in [0.717, 1.165) is 72.6 Å². The lowest BCUT2D eigenvalue weighted by molar-refractivity contribution is 1.22. The summed E-state index contributed by atoms with van der Waals surface area (Å²) in [5.74, 6) is 0. The highest BCUT2D eigenvalue weighted by Crippen LogP contribution is 2.42. The van der Waals surface area contributed by atoms with E-state index in [1.165, 1.54) is 27.6 Å². The minimum Gasteiger partial charge on any atom is -0.255 e. The fourth-order valence-electron chi connectivity index (χ4n) is 7.67. The molecule has 10 aromatic rings. The SMILES string of the molecule is c1ccc(-c2ccc(-c3cccc4c(-c5ccccc5)nc5c(-c6ccc(-c7cc(-c8ccccn8)nc(-c8ccccn8)c7)cc6)cccc5c34)cc2)cc1. The van der Waals surface area contributed by atoms with Crippen molar-refractivity contribution in [2.45, 2.75) is 0 Å². The lowest BCUT2D eigenvalue weighted by Crippen LogP contribution is -1.95. The van der Waals surface area contributed by atoms with Crippen molar-refractivity contribution >= 4 is 21.7 Å². The molecule has 0 saturated carbocycles. The second kappa shape index (κ2) is 14.3. The summed E-state index contributed by atoms with van der Waals surface area (Å²) in [6.07, 6.45) is 3.60. The van der Waals surface area contributed by atoms with Crippen LogP contribution in [0.15, 0.2) is 207 Å². The highest BCUT2D eigenvalue weighted by atomic mass is 14.8. The summed E-state index contributed by atoms with van der Waals surface area (Å²) >= 11 is 0. The van der Waals surface area contributed by atoms with Crippen molar-refractivity contribution in [1.82, 2.24) is 19.9 Å². The average Bonchev–Trinajstić information content (AvgIpc) is 3.29. The first kappa shape index (κ1) is 33.0. The third kappa shape index (κ3) is 6.19. The Labute approximate surface area is 325 Å². The van der Waals surface area contributed by atoms with Gasteiger partial charge in [-0.3, -0.25) is 9.97 Å². The van der Waals surface area contributed by atoms with Gasteiger partial charge in [-0.2, -0.15) is 0 Å². The summed E-state index contributed by atoms with van der Waals surface area (Å²) in [7, 11) is 0. The van der Waals surface area contributed by atoms with E-state index < -0.39 is 0 Å². The van der Waals surface area contributed by atoms with Crippen LogP contribution in [0.4, 0.5) is 0 Å². The van der Waals surface area contributed by atoms with E-state index in [0.29, 0.717) is 0 Å². The van der Waals surface area contributed by atoms with Crippen LogP contribution in [0.1, 0.15) is 0 Å². The highest BCUT2D eigenvalue weighted by molar-refractivity contribution is 6.19. The Balaban J connectivity index is 1.12. The topological polar surface area (TPSA) is 51.6 Å². The molecule has 0 atom stereocenters. The Bertz CT molecular complexity index is 2910. The van der Waals surface area contributed by atoms with Gasteiger partial charge in [0.15, 0.2) is 0 Å². The van der Waals surface area contributed by atoms with Crippen molar-refractivity contribution in [2.24, 2.45) is 0 Å². The molecule has 0 aliphatic rings. The molecule has 0 fully saturated rings. The van der Waals surface area contributed by atoms with E-state index in [-0.39, 0.29) is 0 Å². The molecular formula is C52H34N4. The van der Waals surface area contributed by atoms with E-state index in [1.807, 2.05) is 36.4 Å². The van der Waals surface area contributed by atoms with Crippen molar-refractivity contribution in [2.75, 3.05) is 0 Å². The summed E-state index contributed by atoms with van der Waals surface area (Å²) in [6.45, 7) is 0. The molecule has 0 saturated heterocycles. The van der Waals surface area contributed by atoms with Crippen molar-refractivity contribution in [3.63, 3.8) is 0 Å². The van der Waals surface area contributed by atoms with E-state index in [2.05, 4.69) is 168 Å². The summed E-state index contributed by atoms with van der Waals surface area (Å²) in [4.78, 5) is 19.7. The Morgan fingerprint density at radius 3 is 1.36 bits per heavy atom. The van der Waals surface area contributed by atoms with Crippen LogP contribution in [0, 0.1) is 0 Å². The third-order valence-electron chi connectivity index (χ3n) is 10.4. The Hall–Kier alpha value is -7.56. The predicted octanol–water partition coefficient (Wildman–Crippen LogP) is 13.2. The molecular weight excluding hydrogens is 681 g/mol. The van der Waals surface area contributed by atoms with Crippen LogP contribution in [0.5, 0.6) is 0 Å². The Kier molecular flexibility index (Phi) is 8.47. The molecule has 0 bridgehead atoms. The van der Waals surface area contributed by atoms with E-state index >= 15 is 0 Å². The average molecular weight is 715 g/mol. The van der Waals surface area contributed by atoms with Crippen molar-refractivity contribution in [1.29, 1.82) is 0 Å². The van der Waals surface area contributed by atoms with Crippen LogP contribution in [0.3, 0.4) is 0 Å². The monoisotopic (exact) mass is 714 g/mol. The number of pyridine rings is 4. The zero-order valence-corrected chi connectivity index (χ0v) is 30.4. The third-order valence-corrected chi connectivity index (χ3v) is 10.4. The van der Waals surface area contributed by atoms with Crippen LogP contribution in [-0.2, 0) is 0 Å². The van der Waals surface area contributed by atoms with Crippen LogP contribution >= 0.6 is 0 Å². The van der Waals surface area contributed by atoms with Crippen LogP contribution < -0.4 is 0 Å². The molecule has 4 heteroatoms. The molecule has 0 aliphatic heterocycles. The van der Waals surface area contributed by atoms with Crippen LogP contribution in [0.2, 0.25) is 0 Å². The van der Waals surface area contributed by atoms with Gasteiger partial charge in [-0.15, -0.1) is 0 Å². The summed E-state index contributed by atoms with van der Waals surface area (Å²) in [5, 5.41) is 3.45. The minimum absolute atomic E-state index is 0.803. The van der Waals surface area contributed by atoms with Gasteiger partial charge in [-0.25, -0.2) is 9.97 Å². The van der Waals surface area contributed by atoms with Gasteiger partial charge in [0, 0.05) is 39.7 Å². The van der Waals surface area contributed by atoms with Gasteiger partial charge in [0.2, 0.25) is 0 Å². The minimum atomic E-state index is 0.803. The molecule has 0 N–H and O–H groups in total. The number of aromatic nitrogens is 4. The molecule has 0 aliphatic carbocycles. The summed E-state index contributed by atoms with van der Waals surface area (Å²) in [5.41, 5.74) is 15.3. The van der Waals surface area contributed by atoms with Crippen LogP contribution in [0.25, 0.3) is 100 Å². The standard InChI is InChI=1S/C52H34N4/c1-3-13-35(14-4-1)36-23-27-38(28-24-36)42-17-11-19-44-50(42)45-20-12-18-43(52(45)56-51(44)40-15-5-2-6-16-40)39-29-25-37(26-30-39)41-33-48(46-21-7-9-31-53-46)55-49(34-41)47-22-8-10-32-54-47/h1-34H. The van der Waals surface area contributed by atoms with Gasteiger partial charge in [0.25, 0.3) is 0 Å². The molecule has 0 spiro atoms. The van der Waals surface area contributed by atoms with Gasteiger partial charge in [-0.1, -0.05) is 158 Å². The van der Waals surface area contributed by atoms with E-state index in [9.17, 15) is 0 Å². The van der Waals surface area contributed by atoms with Gasteiger partial charge in [0.05, 0.1) is 34.0 Å². The zero-order chi connectivity index (χ0) is 37.3. The smallest absolute Gasteiger partial charge is 0.0900 e. The number of benzene rings is 6.